The average molecular weight is 433 g/mol. The van der Waals surface area contributed by atoms with Crippen LogP contribution in [0.25, 0.3) is 0 Å². The molecule has 168 valence electrons. The Labute approximate surface area is 180 Å². The number of hydrogen-bond donors (Lipinski definition) is 2. The number of amides is 1. The predicted molar refractivity (Wildman–Crippen MR) is 113 cm³/mol. The maximum absolute atomic E-state index is 13.0. The summed E-state index contributed by atoms with van der Waals surface area (Å²) in [4.78, 5) is 24.4. The highest BCUT2D eigenvalue weighted by molar-refractivity contribution is 5.96. The molecule has 1 amide bonds. The standard InChI is InChI=1S/C22H27NO8/c1-6-31-16-8-7-13(9-17(16)27-2)15(12-20(24)25)23-22(26)14-10-18(28-3)21(30-5)19(11-14)29-4/h7-11,15H,6,12H2,1-5H3,(H,23,26)(H,24,25). The fourth-order valence-electron chi connectivity index (χ4n) is 3.06. The Morgan fingerprint density at radius 1 is 0.903 bits per heavy atom. The van der Waals surface area contributed by atoms with E-state index in [1.807, 2.05) is 6.92 Å². The number of carbonyl (C=O) groups excluding carboxylic acids is 1. The summed E-state index contributed by atoms with van der Waals surface area (Å²) in [7, 11) is 5.83. The van der Waals surface area contributed by atoms with E-state index in [2.05, 4.69) is 5.32 Å². The van der Waals surface area contributed by atoms with Crippen LogP contribution in [-0.2, 0) is 4.79 Å². The van der Waals surface area contributed by atoms with Crippen molar-refractivity contribution in [2.24, 2.45) is 0 Å². The molecule has 0 spiro atoms. The van der Waals surface area contributed by atoms with Gasteiger partial charge in [0.15, 0.2) is 23.0 Å². The Kier molecular flexibility index (Phi) is 8.36. The van der Waals surface area contributed by atoms with E-state index in [9.17, 15) is 14.7 Å². The number of rotatable bonds is 11. The van der Waals surface area contributed by atoms with Gasteiger partial charge in [-0.15, -0.1) is 0 Å². The van der Waals surface area contributed by atoms with Gasteiger partial charge in [-0.3, -0.25) is 9.59 Å². The Hall–Kier alpha value is -3.62. The molecule has 2 N–H and O–H groups in total. The molecule has 0 aliphatic carbocycles. The highest BCUT2D eigenvalue weighted by Crippen LogP contribution is 2.38. The van der Waals surface area contributed by atoms with Crippen LogP contribution in [-0.4, -0.2) is 52.0 Å². The Bertz CT molecular complexity index is 903. The van der Waals surface area contributed by atoms with Crippen molar-refractivity contribution in [1.29, 1.82) is 0 Å². The number of ether oxygens (including phenoxy) is 5. The van der Waals surface area contributed by atoms with Crippen LogP contribution in [0.1, 0.15) is 35.3 Å². The van der Waals surface area contributed by atoms with Crippen LogP contribution in [0.4, 0.5) is 0 Å². The zero-order valence-corrected chi connectivity index (χ0v) is 18.2. The molecule has 0 aliphatic heterocycles. The minimum absolute atomic E-state index is 0.225. The normalized spacial score (nSPS) is 11.3. The van der Waals surface area contributed by atoms with Crippen molar-refractivity contribution in [2.45, 2.75) is 19.4 Å². The van der Waals surface area contributed by atoms with Gasteiger partial charge in [-0.05, 0) is 36.8 Å². The third kappa shape index (κ3) is 5.71. The van der Waals surface area contributed by atoms with Crippen molar-refractivity contribution in [3.8, 4) is 28.7 Å². The summed E-state index contributed by atoms with van der Waals surface area (Å²) >= 11 is 0. The number of carbonyl (C=O) groups is 2. The summed E-state index contributed by atoms with van der Waals surface area (Å²) < 4.78 is 26.7. The first-order chi connectivity index (χ1) is 14.9. The lowest BCUT2D eigenvalue weighted by Crippen LogP contribution is -2.30. The van der Waals surface area contributed by atoms with E-state index < -0.39 is 17.9 Å². The van der Waals surface area contributed by atoms with Crippen LogP contribution in [0, 0.1) is 0 Å². The van der Waals surface area contributed by atoms with Crippen molar-refractivity contribution < 1.29 is 38.4 Å². The third-order valence-electron chi connectivity index (χ3n) is 4.50. The molecule has 9 nitrogen and oxygen atoms in total. The zero-order chi connectivity index (χ0) is 23.0. The topological polar surface area (TPSA) is 113 Å². The maximum Gasteiger partial charge on any atom is 0.305 e. The molecule has 1 unspecified atom stereocenters. The molecule has 1 atom stereocenters. The Balaban J connectivity index is 2.39. The van der Waals surface area contributed by atoms with Crippen molar-refractivity contribution in [3.05, 3.63) is 41.5 Å². The van der Waals surface area contributed by atoms with Crippen LogP contribution in [0.15, 0.2) is 30.3 Å². The summed E-state index contributed by atoms with van der Waals surface area (Å²) in [5, 5.41) is 12.1. The number of methoxy groups -OCH3 is 4. The second kappa shape index (κ2) is 11.0. The Morgan fingerprint density at radius 2 is 1.52 bits per heavy atom. The minimum Gasteiger partial charge on any atom is -0.493 e. The fraction of sp³-hybridized carbons (Fsp3) is 0.364. The van der Waals surface area contributed by atoms with E-state index in [4.69, 9.17) is 23.7 Å². The van der Waals surface area contributed by atoms with Crippen LogP contribution in [0.2, 0.25) is 0 Å². The third-order valence-corrected chi connectivity index (χ3v) is 4.50. The first kappa shape index (κ1) is 23.7. The smallest absolute Gasteiger partial charge is 0.305 e. The summed E-state index contributed by atoms with van der Waals surface area (Å²) in [5.41, 5.74) is 0.784. The molecule has 0 fully saturated rings. The molecule has 31 heavy (non-hydrogen) atoms. The maximum atomic E-state index is 13.0. The number of benzene rings is 2. The van der Waals surface area contributed by atoms with Crippen LogP contribution >= 0.6 is 0 Å². The lowest BCUT2D eigenvalue weighted by atomic mass is 10.0. The van der Waals surface area contributed by atoms with E-state index in [0.717, 1.165) is 0 Å². The first-order valence-electron chi connectivity index (χ1n) is 9.51. The summed E-state index contributed by atoms with van der Waals surface area (Å²) in [5.74, 6) is 0.367. The predicted octanol–water partition coefficient (Wildman–Crippen LogP) is 3.07. The molecule has 0 saturated heterocycles. The Morgan fingerprint density at radius 3 is 2.00 bits per heavy atom. The van der Waals surface area contributed by atoms with Gasteiger partial charge in [0.05, 0.1) is 47.5 Å². The lowest BCUT2D eigenvalue weighted by Gasteiger charge is -2.20. The van der Waals surface area contributed by atoms with E-state index >= 15 is 0 Å². The van der Waals surface area contributed by atoms with Crippen molar-refractivity contribution >= 4 is 11.9 Å². The van der Waals surface area contributed by atoms with Gasteiger partial charge in [0.25, 0.3) is 5.91 Å². The summed E-state index contributed by atoms with van der Waals surface area (Å²) in [6.45, 7) is 2.30. The van der Waals surface area contributed by atoms with Crippen molar-refractivity contribution in [3.63, 3.8) is 0 Å². The average Bonchev–Trinajstić information content (AvgIpc) is 2.77. The molecule has 2 rings (SSSR count). The van der Waals surface area contributed by atoms with Gasteiger partial charge in [-0.1, -0.05) is 6.07 Å². The molecule has 2 aromatic carbocycles. The largest absolute Gasteiger partial charge is 0.493 e. The monoisotopic (exact) mass is 433 g/mol. The highest BCUT2D eigenvalue weighted by Gasteiger charge is 2.23. The fourth-order valence-corrected chi connectivity index (χ4v) is 3.06. The SMILES string of the molecule is CCOc1ccc(C(CC(=O)O)NC(=O)c2cc(OC)c(OC)c(OC)c2)cc1OC. The lowest BCUT2D eigenvalue weighted by molar-refractivity contribution is -0.137. The molecule has 0 aliphatic rings. The van der Waals surface area contributed by atoms with E-state index in [-0.39, 0.29) is 12.0 Å². The van der Waals surface area contributed by atoms with Crippen molar-refractivity contribution in [2.75, 3.05) is 35.0 Å². The quantitative estimate of drug-likeness (QED) is 0.556. The van der Waals surface area contributed by atoms with Crippen LogP contribution in [0.5, 0.6) is 28.7 Å². The molecule has 0 radical (unpaired) electrons. The van der Waals surface area contributed by atoms with Crippen LogP contribution in [0.3, 0.4) is 0 Å². The minimum atomic E-state index is -1.07. The van der Waals surface area contributed by atoms with Gasteiger partial charge in [0.1, 0.15) is 0 Å². The number of hydrogen-bond acceptors (Lipinski definition) is 7. The number of nitrogens with one attached hydrogen (secondary N) is 1. The van der Waals surface area contributed by atoms with Crippen LogP contribution < -0.4 is 29.0 Å². The molecule has 0 saturated carbocycles. The number of carboxylic acids is 1. The van der Waals surface area contributed by atoms with E-state index in [1.54, 1.807) is 18.2 Å². The van der Waals surface area contributed by atoms with Crippen molar-refractivity contribution in [1.82, 2.24) is 5.32 Å². The number of aliphatic carboxylic acids is 1. The second-order valence-electron chi connectivity index (χ2n) is 6.38. The molecule has 9 heteroatoms. The van der Waals surface area contributed by atoms with E-state index in [1.165, 1.54) is 40.6 Å². The van der Waals surface area contributed by atoms with E-state index in [0.29, 0.717) is 40.9 Å². The molecular formula is C22H27NO8. The molecule has 0 bridgehead atoms. The van der Waals surface area contributed by atoms with Gasteiger partial charge in [-0.25, -0.2) is 0 Å². The van der Waals surface area contributed by atoms with Gasteiger partial charge in [0.2, 0.25) is 5.75 Å². The zero-order valence-electron chi connectivity index (χ0n) is 18.2. The highest BCUT2D eigenvalue weighted by atomic mass is 16.5. The first-order valence-corrected chi connectivity index (χ1v) is 9.51. The van der Waals surface area contributed by atoms with Gasteiger partial charge >= 0.3 is 5.97 Å². The van der Waals surface area contributed by atoms with Gasteiger partial charge in [0, 0.05) is 5.56 Å². The molecular weight excluding hydrogens is 406 g/mol. The number of carboxylic acid groups (broad SMARTS) is 1. The second-order valence-corrected chi connectivity index (χ2v) is 6.38. The van der Waals surface area contributed by atoms with Gasteiger partial charge < -0.3 is 34.1 Å². The molecule has 2 aromatic rings. The van der Waals surface area contributed by atoms with Gasteiger partial charge in [-0.2, -0.15) is 0 Å². The molecule has 0 aromatic heterocycles. The summed E-state index contributed by atoms with van der Waals surface area (Å²) in [6.07, 6.45) is -0.326. The molecule has 0 heterocycles. The summed E-state index contributed by atoms with van der Waals surface area (Å²) in [6, 6.07) is 7.19.